The fourth-order valence-corrected chi connectivity index (χ4v) is 1.07. The minimum atomic E-state index is -0.988. The molecule has 0 aliphatic heterocycles. The Kier molecular flexibility index (Phi) is 3.74. The molecule has 1 aromatic rings. The van der Waals surface area contributed by atoms with Crippen LogP contribution in [0.3, 0.4) is 0 Å². The number of aliphatic carboxylic acids is 1. The van der Waals surface area contributed by atoms with Crippen molar-refractivity contribution in [2.75, 3.05) is 0 Å². The Morgan fingerprint density at radius 3 is 2.67 bits per heavy atom. The fourth-order valence-electron chi connectivity index (χ4n) is 1.07. The van der Waals surface area contributed by atoms with Crippen molar-refractivity contribution in [2.24, 2.45) is 0 Å². The summed E-state index contributed by atoms with van der Waals surface area (Å²) in [5.74, 6) is -1.62. The molecular weight excluding hydrogens is 199 g/mol. The van der Waals surface area contributed by atoms with E-state index in [1.807, 2.05) is 0 Å². The van der Waals surface area contributed by atoms with Crippen molar-refractivity contribution in [3.8, 4) is 0 Å². The number of benzene rings is 1. The van der Waals surface area contributed by atoms with Crippen LogP contribution >= 0.6 is 0 Å². The van der Waals surface area contributed by atoms with E-state index in [0.717, 1.165) is 0 Å². The Labute approximate surface area is 85.8 Å². The lowest BCUT2D eigenvalue weighted by Gasteiger charge is -1.98. The first-order valence-corrected chi connectivity index (χ1v) is 4.27. The van der Waals surface area contributed by atoms with Gasteiger partial charge in [-0.2, -0.15) is 0 Å². The van der Waals surface area contributed by atoms with E-state index in [-0.39, 0.29) is 17.5 Å². The lowest BCUT2D eigenvalue weighted by atomic mass is 10.1. The van der Waals surface area contributed by atoms with Gasteiger partial charge in [0.05, 0.1) is 12.0 Å². The molecule has 0 unspecified atom stereocenters. The van der Waals surface area contributed by atoms with Gasteiger partial charge in [0.1, 0.15) is 5.82 Å². The average Bonchev–Trinajstić information content (AvgIpc) is 2.20. The van der Waals surface area contributed by atoms with Gasteiger partial charge >= 0.3 is 5.97 Å². The van der Waals surface area contributed by atoms with E-state index in [1.165, 1.54) is 30.4 Å². The molecule has 0 spiro atoms. The largest absolute Gasteiger partial charge is 0.481 e. The first-order valence-electron chi connectivity index (χ1n) is 4.27. The number of aldehydes is 1. The first-order chi connectivity index (χ1) is 7.15. The molecule has 0 radical (unpaired) electrons. The Morgan fingerprint density at radius 1 is 1.40 bits per heavy atom. The molecule has 0 heterocycles. The molecule has 1 aromatic carbocycles. The van der Waals surface area contributed by atoms with Crippen LogP contribution in [-0.2, 0) is 4.79 Å². The van der Waals surface area contributed by atoms with E-state index in [4.69, 9.17) is 5.11 Å². The number of carboxylic acids is 1. The summed E-state index contributed by atoms with van der Waals surface area (Å²) in [5, 5.41) is 8.36. The smallest absolute Gasteiger partial charge is 0.307 e. The highest BCUT2D eigenvalue weighted by Crippen LogP contribution is 2.13. The van der Waals surface area contributed by atoms with E-state index >= 15 is 0 Å². The Bertz CT molecular complexity index is 410. The molecule has 0 saturated heterocycles. The summed E-state index contributed by atoms with van der Waals surface area (Å²) >= 11 is 0. The molecule has 1 rings (SSSR count). The van der Waals surface area contributed by atoms with Crippen molar-refractivity contribution in [1.29, 1.82) is 0 Å². The Balaban J connectivity index is 2.90. The van der Waals surface area contributed by atoms with Crippen LogP contribution in [-0.4, -0.2) is 17.4 Å². The first kappa shape index (κ1) is 11.1. The highest BCUT2D eigenvalue weighted by atomic mass is 19.1. The molecule has 0 atom stereocenters. The number of carbonyl (C=O) groups excluding carboxylic acids is 1. The van der Waals surface area contributed by atoms with Gasteiger partial charge in [-0.3, -0.25) is 9.59 Å². The second-order valence-corrected chi connectivity index (χ2v) is 2.87. The Hall–Kier alpha value is -1.97. The van der Waals surface area contributed by atoms with Gasteiger partial charge in [0.25, 0.3) is 0 Å². The van der Waals surface area contributed by atoms with Gasteiger partial charge in [-0.1, -0.05) is 24.3 Å². The van der Waals surface area contributed by atoms with E-state index in [1.54, 1.807) is 0 Å². The standard InChI is InChI=1S/C11H9FO3/c12-11-8(4-2-6-10(14)15)3-1-5-9(11)7-13/h1-5,7H,6H2,(H,14,15). The minimum Gasteiger partial charge on any atom is -0.481 e. The second-order valence-electron chi connectivity index (χ2n) is 2.87. The van der Waals surface area contributed by atoms with Crippen LogP contribution < -0.4 is 0 Å². The van der Waals surface area contributed by atoms with Crippen LogP contribution in [0, 0.1) is 5.82 Å². The fraction of sp³-hybridized carbons (Fsp3) is 0.0909. The van der Waals surface area contributed by atoms with Crippen LogP contribution in [0.5, 0.6) is 0 Å². The molecule has 0 bridgehead atoms. The second kappa shape index (κ2) is 5.05. The lowest BCUT2D eigenvalue weighted by Crippen LogP contribution is -1.92. The van der Waals surface area contributed by atoms with Crippen LogP contribution in [0.15, 0.2) is 24.3 Å². The number of carbonyl (C=O) groups is 2. The Morgan fingerprint density at radius 2 is 2.07 bits per heavy atom. The topological polar surface area (TPSA) is 54.4 Å². The summed E-state index contributed by atoms with van der Waals surface area (Å²) < 4.78 is 13.4. The molecule has 3 nitrogen and oxygen atoms in total. The molecule has 0 saturated carbocycles. The number of hydrogen-bond donors (Lipinski definition) is 1. The van der Waals surface area contributed by atoms with Gasteiger partial charge in [-0.15, -0.1) is 0 Å². The zero-order valence-electron chi connectivity index (χ0n) is 7.81. The van der Waals surface area contributed by atoms with Crippen molar-refractivity contribution in [2.45, 2.75) is 6.42 Å². The summed E-state index contributed by atoms with van der Waals surface area (Å²) in [5.41, 5.74) is 0.174. The summed E-state index contributed by atoms with van der Waals surface area (Å²) in [6.07, 6.45) is 2.92. The van der Waals surface area contributed by atoms with Crippen molar-refractivity contribution < 1.29 is 19.1 Å². The van der Waals surface area contributed by atoms with Crippen molar-refractivity contribution in [3.05, 3.63) is 41.2 Å². The molecule has 78 valence electrons. The van der Waals surface area contributed by atoms with Gasteiger partial charge in [0.2, 0.25) is 0 Å². The van der Waals surface area contributed by atoms with Crippen LogP contribution in [0.2, 0.25) is 0 Å². The van der Waals surface area contributed by atoms with Crippen molar-refractivity contribution in [1.82, 2.24) is 0 Å². The monoisotopic (exact) mass is 208 g/mol. The maximum Gasteiger partial charge on any atom is 0.307 e. The zero-order valence-corrected chi connectivity index (χ0v) is 7.81. The molecule has 0 fully saturated rings. The molecular formula is C11H9FO3. The minimum absolute atomic E-state index is 0.0347. The van der Waals surface area contributed by atoms with E-state index < -0.39 is 11.8 Å². The number of hydrogen-bond acceptors (Lipinski definition) is 2. The molecule has 0 amide bonds. The molecule has 4 heteroatoms. The summed E-state index contributed by atoms with van der Waals surface area (Å²) in [7, 11) is 0. The summed E-state index contributed by atoms with van der Waals surface area (Å²) in [4.78, 5) is 20.6. The molecule has 1 N–H and O–H groups in total. The summed E-state index contributed by atoms with van der Waals surface area (Å²) in [6, 6.07) is 4.37. The third-order valence-electron chi connectivity index (χ3n) is 1.78. The maximum absolute atomic E-state index is 13.4. The third kappa shape index (κ3) is 3.02. The van der Waals surface area contributed by atoms with Gasteiger partial charge < -0.3 is 5.11 Å². The molecule has 0 aromatic heterocycles. The highest BCUT2D eigenvalue weighted by molar-refractivity contribution is 5.77. The molecule has 0 aliphatic rings. The van der Waals surface area contributed by atoms with Gasteiger partial charge in [-0.25, -0.2) is 4.39 Å². The SMILES string of the molecule is O=Cc1cccc(C=CCC(=O)O)c1F. The van der Waals surface area contributed by atoms with Crippen LogP contribution in [0.25, 0.3) is 6.08 Å². The van der Waals surface area contributed by atoms with Gasteiger partial charge in [-0.05, 0) is 6.07 Å². The van der Waals surface area contributed by atoms with E-state index in [2.05, 4.69) is 0 Å². The number of rotatable bonds is 4. The maximum atomic E-state index is 13.4. The third-order valence-corrected chi connectivity index (χ3v) is 1.78. The quantitative estimate of drug-likeness (QED) is 0.771. The average molecular weight is 208 g/mol. The molecule has 0 aliphatic carbocycles. The van der Waals surface area contributed by atoms with Crippen LogP contribution in [0.4, 0.5) is 4.39 Å². The summed E-state index contributed by atoms with van der Waals surface area (Å²) in [6.45, 7) is 0. The molecule has 15 heavy (non-hydrogen) atoms. The predicted octanol–water partition coefficient (Wildman–Crippen LogP) is 2.13. The normalized spacial score (nSPS) is 10.5. The van der Waals surface area contributed by atoms with Crippen molar-refractivity contribution in [3.63, 3.8) is 0 Å². The van der Waals surface area contributed by atoms with E-state index in [9.17, 15) is 14.0 Å². The number of halogens is 1. The van der Waals surface area contributed by atoms with E-state index in [0.29, 0.717) is 6.29 Å². The number of carboxylic acid groups (broad SMARTS) is 1. The highest BCUT2D eigenvalue weighted by Gasteiger charge is 2.03. The zero-order chi connectivity index (χ0) is 11.3. The van der Waals surface area contributed by atoms with Crippen LogP contribution in [0.1, 0.15) is 22.3 Å². The van der Waals surface area contributed by atoms with Gasteiger partial charge in [0.15, 0.2) is 6.29 Å². The lowest BCUT2D eigenvalue weighted by molar-refractivity contribution is -0.135. The predicted molar refractivity (Wildman–Crippen MR) is 53.1 cm³/mol. The van der Waals surface area contributed by atoms with Crippen molar-refractivity contribution >= 4 is 18.3 Å². The van der Waals surface area contributed by atoms with Gasteiger partial charge in [0, 0.05) is 5.56 Å².